The molecule has 1 amide bonds. The molecule has 0 atom stereocenters. The molecule has 2 aliphatic rings. The van der Waals surface area contributed by atoms with Gasteiger partial charge in [0.2, 0.25) is 0 Å². The highest BCUT2D eigenvalue weighted by Gasteiger charge is 2.27. The molecule has 2 saturated heterocycles. The first-order chi connectivity index (χ1) is 17.7. The van der Waals surface area contributed by atoms with Gasteiger partial charge in [0.15, 0.2) is 0 Å². The quantitative estimate of drug-likeness (QED) is 0.543. The third-order valence-electron chi connectivity index (χ3n) is 7.32. The Morgan fingerprint density at radius 1 is 0.972 bits per heavy atom. The first kappa shape index (κ1) is 24.3. The van der Waals surface area contributed by atoms with Crippen molar-refractivity contribution in [2.45, 2.75) is 25.4 Å². The van der Waals surface area contributed by atoms with E-state index >= 15 is 0 Å². The Kier molecular flexibility index (Phi) is 7.79. The maximum Gasteiger partial charge on any atom is 0.257 e. The van der Waals surface area contributed by atoms with Crippen molar-refractivity contribution >= 4 is 17.3 Å². The molecule has 1 N–H and O–H groups in total. The minimum Gasteiger partial charge on any atom is -0.497 e. The number of amides is 1. The summed E-state index contributed by atoms with van der Waals surface area (Å²) in [6.07, 6.45) is 5.59. The van der Waals surface area contributed by atoms with Crippen LogP contribution < -0.4 is 15.0 Å². The third kappa shape index (κ3) is 6.04. The molecule has 188 valence electrons. The monoisotopic (exact) mass is 485 g/mol. The summed E-state index contributed by atoms with van der Waals surface area (Å²) in [5, 5.41) is 3.00. The van der Waals surface area contributed by atoms with Crippen molar-refractivity contribution in [3.05, 3.63) is 84.2 Å². The van der Waals surface area contributed by atoms with Gasteiger partial charge in [-0.25, -0.2) is 0 Å². The van der Waals surface area contributed by atoms with Crippen molar-refractivity contribution in [3.8, 4) is 5.75 Å². The molecule has 0 radical (unpaired) electrons. The van der Waals surface area contributed by atoms with E-state index in [0.717, 1.165) is 57.3 Å². The van der Waals surface area contributed by atoms with Crippen molar-refractivity contribution in [2.24, 2.45) is 0 Å². The molecular weight excluding hydrogens is 450 g/mol. The predicted molar refractivity (Wildman–Crippen MR) is 144 cm³/mol. The number of ether oxygens (including phenoxy) is 1. The summed E-state index contributed by atoms with van der Waals surface area (Å²) in [6, 6.07) is 20.8. The lowest BCUT2D eigenvalue weighted by Crippen LogP contribution is -2.53. The average Bonchev–Trinajstić information content (AvgIpc) is 2.94. The second-order valence-electron chi connectivity index (χ2n) is 9.63. The van der Waals surface area contributed by atoms with Crippen LogP contribution in [-0.2, 0) is 6.54 Å². The molecule has 0 spiro atoms. The Labute approximate surface area is 213 Å². The molecular formula is C29H35N5O2. The van der Waals surface area contributed by atoms with Crippen LogP contribution in [0.25, 0.3) is 0 Å². The molecule has 2 aromatic carbocycles. The van der Waals surface area contributed by atoms with Gasteiger partial charge in [0.1, 0.15) is 5.75 Å². The van der Waals surface area contributed by atoms with Crippen LogP contribution in [0.2, 0.25) is 0 Å². The zero-order valence-electron chi connectivity index (χ0n) is 21.0. The van der Waals surface area contributed by atoms with E-state index in [0.29, 0.717) is 11.6 Å². The second kappa shape index (κ2) is 11.5. The molecule has 5 rings (SSSR count). The van der Waals surface area contributed by atoms with Gasteiger partial charge >= 0.3 is 0 Å². The molecule has 2 aliphatic heterocycles. The lowest BCUT2D eigenvalue weighted by atomic mass is 10.0. The van der Waals surface area contributed by atoms with Gasteiger partial charge < -0.3 is 15.0 Å². The highest BCUT2D eigenvalue weighted by molar-refractivity contribution is 6.04. The van der Waals surface area contributed by atoms with Crippen LogP contribution in [0.15, 0.2) is 73.1 Å². The molecule has 3 aromatic rings. The second-order valence-corrected chi connectivity index (χ2v) is 9.63. The van der Waals surface area contributed by atoms with Gasteiger partial charge in [-0.3, -0.25) is 19.6 Å². The zero-order chi connectivity index (χ0) is 24.7. The van der Waals surface area contributed by atoms with E-state index in [2.05, 4.69) is 55.3 Å². The SMILES string of the molecule is COc1cccc(CN2CCN(C3CCN(c4cccc(NC(=O)c5cccnc5)c4)CC3)CC2)c1. The largest absolute Gasteiger partial charge is 0.497 e. The van der Waals surface area contributed by atoms with Crippen molar-refractivity contribution in [1.82, 2.24) is 14.8 Å². The van der Waals surface area contributed by atoms with Gasteiger partial charge in [0.05, 0.1) is 12.7 Å². The topological polar surface area (TPSA) is 60.9 Å². The Bertz CT molecular complexity index is 1140. The minimum absolute atomic E-state index is 0.135. The minimum atomic E-state index is -0.135. The molecule has 2 fully saturated rings. The number of piperazine rings is 1. The first-order valence-electron chi connectivity index (χ1n) is 12.8. The van der Waals surface area contributed by atoms with Crippen LogP contribution in [0.3, 0.4) is 0 Å². The van der Waals surface area contributed by atoms with Gasteiger partial charge in [-0.1, -0.05) is 18.2 Å². The number of hydrogen-bond acceptors (Lipinski definition) is 6. The van der Waals surface area contributed by atoms with Crippen LogP contribution >= 0.6 is 0 Å². The van der Waals surface area contributed by atoms with Crippen LogP contribution in [-0.4, -0.2) is 73.1 Å². The molecule has 0 bridgehead atoms. The number of aromatic nitrogens is 1. The standard InChI is InChI=1S/C29H35N5O2/c1-36-28-9-2-5-23(19-28)22-32-15-17-34(18-16-32)26-10-13-33(14-11-26)27-8-3-7-25(20-27)31-29(35)24-6-4-12-30-21-24/h2-9,12,19-21,26H,10-11,13-18,22H2,1H3,(H,31,35). The number of benzene rings is 2. The Balaban J connectivity index is 1.09. The fourth-order valence-corrected chi connectivity index (χ4v) is 5.29. The highest BCUT2D eigenvalue weighted by Crippen LogP contribution is 2.26. The molecule has 7 heteroatoms. The predicted octanol–water partition coefficient (Wildman–Crippen LogP) is 4.13. The molecule has 0 aliphatic carbocycles. The van der Waals surface area contributed by atoms with E-state index in [-0.39, 0.29) is 5.91 Å². The fourth-order valence-electron chi connectivity index (χ4n) is 5.29. The lowest BCUT2D eigenvalue weighted by molar-refractivity contribution is 0.0811. The summed E-state index contributed by atoms with van der Waals surface area (Å²) >= 11 is 0. The molecule has 1 aromatic heterocycles. The number of nitrogens with zero attached hydrogens (tertiary/aromatic N) is 4. The summed E-state index contributed by atoms with van der Waals surface area (Å²) < 4.78 is 5.37. The van der Waals surface area contributed by atoms with Crippen molar-refractivity contribution < 1.29 is 9.53 Å². The van der Waals surface area contributed by atoms with Crippen molar-refractivity contribution in [1.29, 1.82) is 0 Å². The Hall–Kier alpha value is -3.42. The summed E-state index contributed by atoms with van der Waals surface area (Å²) in [7, 11) is 1.72. The molecule has 0 unspecified atom stereocenters. The van der Waals surface area contributed by atoms with Gasteiger partial charge in [0.25, 0.3) is 5.91 Å². The maximum atomic E-state index is 12.5. The lowest BCUT2D eigenvalue weighted by Gasteiger charge is -2.43. The molecule has 7 nitrogen and oxygen atoms in total. The van der Waals surface area contributed by atoms with Crippen LogP contribution in [0, 0.1) is 0 Å². The number of piperidine rings is 1. The summed E-state index contributed by atoms with van der Waals surface area (Å²) in [4.78, 5) is 24.2. The van der Waals surface area contributed by atoms with Gasteiger partial charge in [-0.2, -0.15) is 0 Å². The van der Waals surface area contributed by atoms with E-state index in [1.807, 2.05) is 18.2 Å². The van der Waals surface area contributed by atoms with Crippen molar-refractivity contribution in [2.75, 3.05) is 56.6 Å². The Morgan fingerprint density at radius 3 is 2.53 bits per heavy atom. The number of carbonyl (C=O) groups excluding carboxylic acids is 1. The highest BCUT2D eigenvalue weighted by atomic mass is 16.5. The molecule has 36 heavy (non-hydrogen) atoms. The Morgan fingerprint density at radius 2 is 1.78 bits per heavy atom. The summed E-state index contributed by atoms with van der Waals surface area (Å²) in [6.45, 7) is 7.53. The van der Waals surface area contributed by atoms with Gasteiger partial charge in [0, 0.05) is 75.6 Å². The smallest absolute Gasteiger partial charge is 0.257 e. The zero-order valence-corrected chi connectivity index (χ0v) is 21.0. The fraction of sp³-hybridized carbons (Fsp3) is 0.379. The molecule has 3 heterocycles. The van der Waals surface area contributed by atoms with Crippen LogP contribution in [0.5, 0.6) is 5.75 Å². The van der Waals surface area contributed by atoms with E-state index in [4.69, 9.17) is 4.74 Å². The third-order valence-corrected chi connectivity index (χ3v) is 7.32. The number of pyridine rings is 1. The number of hydrogen-bond donors (Lipinski definition) is 1. The number of rotatable bonds is 7. The average molecular weight is 486 g/mol. The first-order valence-corrected chi connectivity index (χ1v) is 12.8. The number of nitrogens with one attached hydrogen (secondary N) is 1. The van der Waals surface area contributed by atoms with Gasteiger partial charge in [-0.05, 0) is 60.9 Å². The van der Waals surface area contributed by atoms with E-state index in [1.165, 1.54) is 24.1 Å². The van der Waals surface area contributed by atoms with Crippen LogP contribution in [0.1, 0.15) is 28.8 Å². The number of methoxy groups -OCH3 is 1. The van der Waals surface area contributed by atoms with E-state index < -0.39 is 0 Å². The van der Waals surface area contributed by atoms with E-state index in [1.54, 1.807) is 31.6 Å². The molecule has 0 saturated carbocycles. The van der Waals surface area contributed by atoms with Crippen LogP contribution in [0.4, 0.5) is 11.4 Å². The maximum absolute atomic E-state index is 12.5. The van der Waals surface area contributed by atoms with Gasteiger partial charge in [-0.15, -0.1) is 0 Å². The van der Waals surface area contributed by atoms with E-state index in [9.17, 15) is 4.79 Å². The number of carbonyl (C=O) groups is 1. The normalized spacial score (nSPS) is 17.6. The number of anilines is 2. The summed E-state index contributed by atoms with van der Waals surface area (Å²) in [5.74, 6) is 0.795. The van der Waals surface area contributed by atoms with Crippen molar-refractivity contribution in [3.63, 3.8) is 0 Å². The summed E-state index contributed by atoms with van der Waals surface area (Å²) in [5.41, 5.74) is 3.86.